The molecule has 1 fully saturated rings. The van der Waals surface area contributed by atoms with E-state index >= 15 is 0 Å². The predicted molar refractivity (Wildman–Crippen MR) is 117 cm³/mol. The molecule has 0 amide bonds. The molecule has 0 spiro atoms. The normalized spacial score (nSPS) is 15.4. The van der Waals surface area contributed by atoms with Crippen molar-refractivity contribution in [2.45, 2.75) is 13.5 Å². The lowest BCUT2D eigenvalue weighted by atomic mass is 10.1. The van der Waals surface area contributed by atoms with Crippen LogP contribution in [0.25, 0.3) is 20.7 Å². The Morgan fingerprint density at radius 2 is 1.82 bits per heavy atom. The van der Waals surface area contributed by atoms with Crippen LogP contribution in [0, 0.1) is 6.92 Å². The molecule has 142 valence electrons. The van der Waals surface area contributed by atoms with E-state index < -0.39 is 0 Å². The van der Waals surface area contributed by atoms with Crippen LogP contribution in [-0.4, -0.2) is 46.0 Å². The monoisotopic (exact) mass is 407 g/mol. The Balaban J connectivity index is 1.41. The molecule has 0 aliphatic carbocycles. The SMILES string of the molecule is Cc1nc(N2CCN(Cc3ccncc3)CC2)c2c(-c3cccs3)csc2n1. The quantitative estimate of drug-likeness (QED) is 0.500. The molecule has 7 heteroatoms. The second kappa shape index (κ2) is 7.58. The van der Waals surface area contributed by atoms with Gasteiger partial charge in [0.25, 0.3) is 0 Å². The predicted octanol–water partition coefficient (Wildman–Crippen LogP) is 4.45. The molecule has 0 saturated carbocycles. The number of pyridine rings is 1. The van der Waals surface area contributed by atoms with Crippen LogP contribution in [0.1, 0.15) is 11.4 Å². The lowest BCUT2D eigenvalue weighted by Gasteiger charge is -2.35. The number of hydrogen-bond acceptors (Lipinski definition) is 7. The number of piperazine rings is 1. The summed E-state index contributed by atoms with van der Waals surface area (Å²) >= 11 is 3.50. The van der Waals surface area contributed by atoms with Crippen LogP contribution in [0.3, 0.4) is 0 Å². The van der Waals surface area contributed by atoms with Gasteiger partial charge in [-0.2, -0.15) is 0 Å². The van der Waals surface area contributed by atoms with Crippen LogP contribution >= 0.6 is 22.7 Å². The Morgan fingerprint density at radius 1 is 1.00 bits per heavy atom. The van der Waals surface area contributed by atoms with E-state index in [9.17, 15) is 0 Å². The van der Waals surface area contributed by atoms with Gasteiger partial charge in [-0.25, -0.2) is 9.97 Å². The number of hydrogen-bond donors (Lipinski definition) is 0. The number of nitrogens with zero attached hydrogens (tertiary/aromatic N) is 5. The smallest absolute Gasteiger partial charge is 0.141 e. The molecule has 5 heterocycles. The van der Waals surface area contributed by atoms with E-state index in [1.54, 1.807) is 22.7 Å². The van der Waals surface area contributed by atoms with Gasteiger partial charge < -0.3 is 4.90 Å². The van der Waals surface area contributed by atoms with Crippen molar-refractivity contribution in [3.8, 4) is 10.4 Å². The molecule has 0 aromatic carbocycles. The average molecular weight is 408 g/mol. The number of aryl methyl sites for hydroxylation is 1. The second-order valence-corrected chi connectivity index (χ2v) is 8.83. The van der Waals surface area contributed by atoms with E-state index in [1.807, 2.05) is 19.3 Å². The topological polar surface area (TPSA) is 45.2 Å². The van der Waals surface area contributed by atoms with Gasteiger partial charge in [-0.3, -0.25) is 9.88 Å². The van der Waals surface area contributed by atoms with Crippen molar-refractivity contribution < 1.29 is 0 Å². The summed E-state index contributed by atoms with van der Waals surface area (Å²) in [7, 11) is 0. The molecule has 0 unspecified atom stereocenters. The number of anilines is 1. The zero-order valence-electron chi connectivity index (χ0n) is 15.7. The Morgan fingerprint density at radius 3 is 2.57 bits per heavy atom. The van der Waals surface area contributed by atoms with Gasteiger partial charge in [0, 0.05) is 60.9 Å². The molecule has 1 saturated heterocycles. The first-order valence-corrected chi connectivity index (χ1v) is 11.2. The first-order chi connectivity index (χ1) is 13.8. The standard InChI is InChI=1S/C21H21N5S2/c1-15-23-20(19-17(14-28-21(19)24-15)18-3-2-12-27-18)26-10-8-25(9-11-26)13-16-4-6-22-7-5-16/h2-7,12,14H,8-11,13H2,1H3. The number of rotatable bonds is 4. The summed E-state index contributed by atoms with van der Waals surface area (Å²) in [5.41, 5.74) is 2.59. The molecule has 1 aliphatic heterocycles. The van der Waals surface area contributed by atoms with Gasteiger partial charge in [0.2, 0.25) is 0 Å². The van der Waals surface area contributed by atoms with Gasteiger partial charge in [-0.15, -0.1) is 22.7 Å². The van der Waals surface area contributed by atoms with Crippen LogP contribution in [0.2, 0.25) is 0 Å². The number of aromatic nitrogens is 3. The first kappa shape index (κ1) is 17.7. The summed E-state index contributed by atoms with van der Waals surface area (Å²) in [6.07, 6.45) is 3.74. The third-order valence-electron chi connectivity index (χ3n) is 5.14. The van der Waals surface area contributed by atoms with Crippen LogP contribution < -0.4 is 4.90 Å². The molecule has 28 heavy (non-hydrogen) atoms. The Kier molecular flexibility index (Phi) is 4.80. The summed E-state index contributed by atoms with van der Waals surface area (Å²) in [4.78, 5) is 21.0. The summed E-state index contributed by atoms with van der Waals surface area (Å²) in [6, 6.07) is 8.49. The molecule has 4 aromatic rings. The third-order valence-corrected chi connectivity index (χ3v) is 6.92. The number of fused-ring (bicyclic) bond motifs is 1. The maximum atomic E-state index is 4.88. The number of thiophene rings is 2. The van der Waals surface area contributed by atoms with Crippen molar-refractivity contribution in [2.24, 2.45) is 0 Å². The second-order valence-electron chi connectivity index (χ2n) is 7.02. The lowest BCUT2D eigenvalue weighted by Crippen LogP contribution is -2.46. The zero-order chi connectivity index (χ0) is 18.9. The minimum atomic E-state index is 0.848. The van der Waals surface area contributed by atoms with Gasteiger partial charge in [0.1, 0.15) is 16.5 Å². The maximum Gasteiger partial charge on any atom is 0.141 e. The molecular weight excluding hydrogens is 386 g/mol. The highest BCUT2D eigenvalue weighted by molar-refractivity contribution is 7.18. The van der Waals surface area contributed by atoms with Crippen molar-refractivity contribution in [3.63, 3.8) is 0 Å². The van der Waals surface area contributed by atoms with Crippen molar-refractivity contribution in [1.82, 2.24) is 19.9 Å². The van der Waals surface area contributed by atoms with Crippen molar-refractivity contribution >= 4 is 38.7 Å². The first-order valence-electron chi connectivity index (χ1n) is 9.44. The fourth-order valence-corrected chi connectivity index (χ4v) is 5.54. The van der Waals surface area contributed by atoms with Gasteiger partial charge in [0.05, 0.1) is 5.39 Å². The molecule has 0 N–H and O–H groups in total. The van der Waals surface area contributed by atoms with Crippen molar-refractivity contribution in [3.05, 3.63) is 58.8 Å². The van der Waals surface area contributed by atoms with Gasteiger partial charge in [-0.05, 0) is 36.1 Å². The molecular formula is C21H21N5S2. The fraction of sp³-hybridized carbons (Fsp3) is 0.286. The molecule has 5 rings (SSSR count). The van der Waals surface area contributed by atoms with Crippen LogP contribution in [0.4, 0.5) is 5.82 Å². The molecule has 0 radical (unpaired) electrons. The summed E-state index contributed by atoms with van der Waals surface area (Å²) in [6.45, 7) is 7.00. The lowest BCUT2D eigenvalue weighted by molar-refractivity contribution is 0.249. The summed E-state index contributed by atoms with van der Waals surface area (Å²) < 4.78 is 0. The van der Waals surface area contributed by atoms with Crippen molar-refractivity contribution in [2.75, 3.05) is 31.1 Å². The highest BCUT2D eigenvalue weighted by Gasteiger charge is 2.23. The molecule has 4 aromatic heterocycles. The van der Waals surface area contributed by atoms with Crippen LogP contribution in [0.15, 0.2) is 47.4 Å². The summed E-state index contributed by atoms with van der Waals surface area (Å²) in [5.74, 6) is 1.94. The largest absolute Gasteiger partial charge is 0.353 e. The minimum absolute atomic E-state index is 0.848. The van der Waals surface area contributed by atoms with Gasteiger partial charge in [-0.1, -0.05) is 6.07 Å². The fourth-order valence-electron chi connectivity index (χ4n) is 3.73. The van der Waals surface area contributed by atoms with Crippen LogP contribution in [0.5, 0.6) is 0 Å². The molecule has 1 aliphatic rings. The van der Waals surface area contributed by atoms with Gasteiger partial charge in [0.15, 0.2) is 0 Å². The zero-order valence-corrected chi connectivity index (χ0v) is 17.3. The third kappa shape index (κ3) is 3.41. The van der Waals surface area contributed by atoms with E-state index in [1.165, 1.54) is 21.4 Å². The van der Waals surface area contributed by atoms with E-state index in [0.29, 0.717) is 0 Å². The highest BCUT2D eigenvalue weighted by Crippen LogP contribution is 2.40. The Hall–Kier alpha value is -2.35. The Bertz CT molecular complexity index is 1070. The maximum absolute atomic E-state index is 4.88. The Labute approximate surface area is 172 Å². The van der Waals surface area contributed by atoms with E-state index in [4.69, 9.17) is 9.97 Å². The van der Waals surface area contributed by atoms with Crippen LogP contribution in [-0.2, 0) is 6.54 Å². The summed E-state index contributed by atoms with van der Waals surface area (Å²) in [5, 5.41) is 5.57. The minimum Gasteiger partial charge on any atom is -0.353 e. The molecule has 5 nitrogen and oxygen atoms in total. The average Bonchev–Trinajstić information content (AvgIpc) is 3.38. The van der Waals surface area contributed by atoms with Gasteiger partial charge >= 0.3 is 0 Å². The molecule has 0 atom stereocenters. The van der Waals surface area contributed by atoms with E-state index in [-0.39, 0.29) is 0 Å². The highest BCUT2D eigenvalue weighted by atomic mass is 32.1. The van der Waals surface area contributed by atoms with Crippen molar-refractivity contribution in [1.29, 1.82) is 0 Å². The molecule has 0 bridgehead atoms. The van der Waals surface area contributed by atoms with E-state index in [0.717, 1.165) is 49.2 Å². The van der Waals surface area contributed by atoms with E-state index in [2.05, 4.69) is 49.8 Å².